The number of amides is 1. The number of thiophene rings is 1. The van der Waals surface area contributed by atoms with Gasteiger partial charge >= 0.3 is 0 Å². The molecule has 0 aliphatic carbocycles. The Morgan fingerprint density at radius 2 is 2.05 bits per heavy atom. The Hall–Kier alpha value is -2.07. The van der Waals surface area contributed by atoms with Crippen molar-refractivity contribution in [3.63, 3.8) is 0 Å². The fraction of sp³-hybridized carbons (Fsp3) is 0.133. The second-order valence-electron chi connectivity index (χ2n) is 4.25. The highest BCUT2D eigenvalue weighted by Gasteiger charge is 2.06. The first-order valence-electron chi connectivity index (χ1n) is 6.02. The summed E-state index contributed by atoms with van der Waals surface area (Å²) in [7, 11) is 0. The maximum Gasteiger partial charge on any atom is 0.244 e. The van der Waals surface area contributed by atoms with Crippen molar-refractivity contribution < 1.29 is 4.79 Å². The number of nitrogen functional groups attached to an aromatic ring is 1. The van der Waals surface area contributed by atoms with Crippen molar-refractivity contribution in [3.05, 3.63) is 58.3 Å². The van der Waals surface area contributed by atoms with E-state index in [0.29, 0.717) is 0 Å². The van der Waals surface area contributed by atoms with Crippen LogP contribution in [-0.2, 0) is 4.79 Å². The highest BCUT2D eigenvalue weighted by molar-refractivity contribution is 7.10. The molecule has 19 heavy (non-hydrogen) atoms. The molecule has 3 nitrogen and oxygen atoms in total. The summed E-state index contributed by atoms with van der Waals surface area (Å²) >= 11 is 1.60. The van der Waals surface area contributed by atoms with Gasteiger partial charge in [-0.1, -0.05) is 18.2 Å². The van der Waals surface area contributed by atoms with E-state index >= 15 is 0 Å². The van der Waals surface area contributed by atoms with Crippen molar-refractivity contribution in [2.24, 2.45) is 0 Å². The number of hydrogen-bond acceptors (Lipinski definition) is 3. The number of benzene rings is 1. The molecule has 0 saturated carbocycles. The van der Waals surface area contributed by atoms with Crippen LogP contribution in [0.3, 0.4) is 0 Å². The lowest BCUT2D eigenvalue weighted by Crippen LogP contribution is -2.24. The normalized spacial score (nSPS) is 12.5. The second-order valence-corrected chi connectivity index (χ2v) is 5.22. The summed E-state index contributed by atoms with van der Waals surface area (Å²) in [5, 5.41) is 4.90. The highest BCUT2D eigenvalue weighted by atomic mass is 32.1. The first-order valence-corrected chi connectivity index (χ1v) is 6.90. The molecule has 1 amide bonds. The molecule has 4 heteroatoms. The molecule has 2 rings (SSSR count). The van der Waals surface area contributed by atoms with Crippen LogP contribution in [0, 0.1) is 0 Å². The Balaban J connectivity index is 1.93. The molecule has 98 valence electrons. The van der Waals surface area contributed by atoms with Crippen LogP contribution in [0.25, 0.3) is 6.08 Å². The molecule has 2 aromatic rings. The Bertz CT molecular complexity index is 558. The van der Waals surface area contributed by atoms with Crippen molar-refractivity contribution in [1.82, 2.24) is 5.32 Å². The molecule has 0 bridgehead atoms. The van der Waals surface area contributed by atoms with Crippen LogP contribution in [0.2, 0.25) is 0 Å². The average Bonchev–Trinajstić information content (AvgIpc) is 2.90. The van der Waals surface area contributed by atoms with Gasteiger partial charge in [0.15, 0.2) is 0 Å². The van der Waals surface area contributed by atoms with Crippen molar-refractivity contribution in [3.8, 4) is 0 Å². The van der Waals surface area contributed by atoms with Gasteiger partial charge < -0.3 is 11.1 Å². The molecular formula is C15H16N2OS. The van der Waals surface area contributed by atoms with Crippen molar-refractivity contribution in [2.45, 2.75) is 13.0 Å². The maximum absolute atomic E-state index is 11.8. The van der Waals surface area contributed by atoms with Gasteiger partial charge in [0.2, 0.25) is 5.91 Å². The molecule has 1 aromatic heterocycles. The van der Waals surface area contributed by atoms with Crippen LogP contribution in [0.1, 0.15) is 23.4 Å². The lowest BCUT2D eigenvalue weighted by atomic mass is 10.1. The predicted octanol–water partition coefficient (Wildman–Crippen LogP) is 3.22. The minimum absolute atomic E-state index is 0.0407. The van der Waals surface area contributed by atoms with E-state index < -0.39 is 0 Å². The standard InChI is InChI=1S/C15H16N2OS/c1-11(12-4-6-13(16)7-5-12)17-15(18)9-8-14-3-2-10-19-14/h2-11H,16H2,1H3,(H,17,18)/b9-8+. The van der Waals surface area contributed by atoms with Crippen LogP contribution in [-0.4, -0.2) is 5.91 Å². The molecule has 0 spiro atoms. The number of carbonyl (C=O) groups excluding carboxylic acids is 1. The fourth-order valence-electron chi connectivity index (χ4n) is 1.67. The summed E-state index contributed by atoms with van der Waals surface area (Å²) < 4.78 is 0. The van der Waals surface area contributed by atoms with Gasteiger partial charge in [0.05, 0.1) is 6.04 Å². The molecule has 1 atom stereocenters. The average molecular weight is 272 g/mol. The quantitative estimate of drug-likeness (QED) is 0.663. The van der Waals surface area contributed by atoms with Gasteiger partial charge in [-0.15, -0.1) is 11.3 Å². The third kappa shape index (κ3) is 3.96. The Morgan fingerprint density at radius 1 is 1.32 bits per heavy atom. The van der Waals surface area contributed by atoms with E-state index in [0.717, 1.165) is 16.1 Å². The number of rotatable bonds is 4. The van der Waals surface area contributed by atoms with Gasteiger partial charge in [0, 0.05) is 16.6 Å². The van der Waals surface area contributed by atoms with Gasteiger partial charge in [-0.05, 0) is 42.1 Å². The van der Waals surface area contributed by atoms with Gasteiger partial charge in [-0.25, -0.2) is 0 Å². The van der Waals surface area contributed by atoms with Gasteiger partial charge in [-0.2, -0.15) is 0 Å². The number of carbonyl (C=O) groups is 1. The minimum atomic E-state index is -0.0993. The molecular weight excluding hydrogens is 256 g/mol. The summed E-state index contributed by atoms with van der Waals surface area (Å²) in [6.45, 7) is 1.95. The topological polar surface area (TPSA) is 55.1 Å². The first kappa shape index (κ1) is 13.4. The van der Waals surface area contributed by atoms with Crippen LogP contribution in [0.15, 0.2) is 47.9 Å². The first-order chi connectivity index (χ1) is 9.15. The Labute approximate surface area is 116 Å². The lowest BCUT2D eigenvalue weighted by molar-refractivity contribution is -0.117. The zero-order chi connectivity index (χ0) is 13.7. The summed E-state index contributed by atoms with van der Waals surface area (Å²) in [5.41, 5.74) is 7.39. The van der Waals surface area contributed by atoms with Crippen molar-refractivity contribution in [2.75, 3.05) is 5.73 Å². The van der Waals surface area contributed by atoms with Crippen LogP contribution in [0.4, 0.5) is 5.69 Å². The van der Waals surface area contributed by atoms with Crippen molar-refractivity contribution in [1.29, 1.82) is 0 Å². The second kappa shape index (κ2) is 6.20. The van der Waals surface area contributed by atoms with Crippen LogP contribution >= 0.6 is 11.3 Å². The minimum Gasteiger partial charge on any atom is -0.399 e. The number of nitrogens with one attached hydrogen (secondary N) is 1. The molecule has 0 fully saturated rings. The molecule has 0 aliphatic rings. The molecule has 3 N–H and O–H groups in total. The Morgan fingerprint density at radius 3 is 2.68 bits per heavy atom. The molecule has 1 aromatic carbocycles. The number of nitrogens with two attached hydrogens (primary N) is 1. The van der Waals surface area contributed by atoms with Crippen LogP contribution in [0.5, 0.6) is 0 Å². The summed E-state index contributed by atoms with van der Waals surface area (Å²) in [6.07, 6.45) is 3.37. The van der Waals surface area contributed by atoms with Gasteiger partial charge in [-0.3, -0.25) is 4.79 Å². The third-order valence-electron chi connectivity index (χ3n) is 2.74. The molecule has 1 unspecified atom stereocenters. The Kier molecular flexibility index (Phi) is 4.36. The van der Waals surface area contributed by atoms with E-state index in [9.17, 15) is 4.79 Å². The van der Waals surface area contributed by atoms with Gasteiger partial charge in [0.25, 0.3) is 0 Å². The zero-order valence-electron chi connectivity index (χ0n) is 10.7. The zero-order valence-corrected chi connectivity index (χ0v) is 11.5. The monoisotopic (exact) mass is 272 g/mol. The number of hydrogen-bond donors (Lipinski definition) is 2. The van der Waals surface area contributed by atoms with E-state index in [4.69, 9.17) is 5.73 Å². The summed E-state index contributed by atoms with van der Waals surface area (Å²) in [6, 6.07) is 11.4. The van der Waals surface area contributed by atoms with E-state index in [1.807, 2.05) is 54.8 Å². The van der Waals surface area contributed by atoms with Gasteiger partial charge in [0.1, 0.15) is 0 Å². The smallest absolute Gasteiger partial charge is 0.244 e. The predicted molar refractivity (Wildman–Crippen MR) is 80.8 cm³/mol. The van der Waals surface area contributed by atoms with E-state index in [1.165, 1.54) is 0 Å². The maximum atomic E-state index is 11.8. The fourth-order valence-corrected chi connectivity index (χ4v) is 2.29. The van der Waals surface area contributed by atoms with Crippen LogP contribution < -0.4 is 11.1 Å². The summed E-state index contributed by atoms with van der Waals surface area (Å²) in [4.78, 5) is 12.8. The SMILES string of the molecule is CC(NC(=O)/C=C/c1cccs1)c1ccc(N)cc1. The highest BCUT2D eigenvalue weighted by Crippen LogP contribution is 2.14. The number of anilines is 1. The lowest BCUT2D eigenvalue weighted by Gasteiger charge is -2.12. The molecule has 0 aliphatic heterocycles. The molecule has 1 heterocycles. The van der Waals surface area contributed by atoms with E-state index in [-0.39, 0.29) is 11.9 Å². The largest absolute Gasteiger partial charge is 0.399 e. The molecule has 0 saturated heterocycles. The third-order valence-corrected chi connectivity index (χ3v) is 3.57. The van der Waals surface area contributed by atoms with E-state index in [1.54, 1.807) is 17.4 Å². The van der Waals surface area contributed by atoms with E-state index in [2.05, 4.69) is 5.32 Å². The van der Waals surface area contributed by atoms with Crippen molar-refractivity contribution >= 4 is 29.0 Å². The molecule has 0 radical (unpaired) electrons. The summed E-state index contributed by atoms with van der Waals surface area (Å²) in [5.74, 6) is -0.0993.